The lowest BCUT2D eigenvalue weighted by molar-refractivity contribution is 0.0996. The Kier molecular flexibility index (Phi) is 6.37. The highest BCUT2D eigenvalue weighted by Crippen LogP contribution is 2.34. The van der Waals surface area contributed by atoms with Gasteiger partial charge in [-0.15, -0.1) is 0 Å². The summed E-state index contributed by atoms with van der Waals surface area (Å²) in [6, 6.07) is 16.7. The molecule has 6 heteroatoms. The van der Waals surface area contributed by atoms with Crippen LogP contribution in [0.2, 0.25) is 0 Å². The molecule has 0 aliphatic rings. The summed E-state index contributed by atoms with van der Waals surface area (Å²) in [4.78, 5) is 27.0. The molecule has 0 heterocycles. The summed E-state index contributed by atoms with van der Waals surface area (Å²) >= 11 is 0. The zero-order chi connectivity index (χ0) is 21.7. The van der Waals surface area contributed by atoms with Crippen LogP contribution in [0.3, 0.4) is 0 Å². The molecule has 0 radical (unpaired) electrons. The first-order valence-corrected chi connectivity index (χ1v) is 9.17. The van der Waals surface area contributed by atoms with Crippen LogP contribution < -0.4 is 18.9 Å². The number of hydrogen-bond donors (Lipinski definition) is 0. The molecular formula is C24H22O6. The quantitative estimate of drug-likeness (QED) is 0.523. The summed E-state index contributed by atoms with van der Waals surface area (Å²) in [5.74, 6) is 0.658. The minimum Gasteiger partial charge on any atom is -0.496 e. The average molecular weight is 406 g/mol. The lowest BCUT2D eigenvalue weighted by Crippen LogP contribution is -2.14. The van der Waals surface area contributed by atoms with Crippen molar-refractivity contribution in [1.82, 2.24) is 0 Å². The van der Waals surface area contributed by atoms with Gasteiger partial charge in [0.15, 0.2) is 0 Å². The van der Waals surface area contributed by atoms with E-state index in [1.54, 1.807) is 60.7 Å². The Labute approximate surface area is 175 Å². The zero-order valence-electron chi connectivity index (χ0n) is 17.2. The standard InChI is InChI=1S/C24H22O6/c1-27-17-11-7-12-18(28-2)21(17)23(25)15-9-5-6-10-16(15)24(26)22-19(29-3)13-8-14-20(22)30-4/h5-14H,1-4H3. The number of hydrogen-bond acceptors (Lipinski definition) is 6. The van der Waals surface area contributed by atoms with Gasteiger partial charge in [0, 0.05) is 11.1 Å². The molecule has 3 aromatic rings. The largest absolute Gasteiger partial charge is 0.496 e. The van der Waals surface area contributed by atoms with Gasteiger partial charge in [-0.25, -0.2) is 0 Å². The van der Waals surface area contributed by atoms with Crippen LogP contribution in [0.5, 0.6) is 23.0 Å². The molecule has 30 heavy (non-hydrogen) atoms. The first-order chi connectivity index (χ1) is 14.6. The third-order valence-electron chi connectivity index (χ3n) is 4.73. The summed E-state index contributed by atoms with van der Waals surface area (Å²) in [6.07, 6.45) is 0. The van der Waals surface area contributed by atoms with E-state index < -0.39 is 0 Å². The van der Waals surface area contributed by atoms with Crippen LogP contribution in [0.4, 0.5) is 0 Å². The molecule has 3 rings (SSSR count). The molecule has 0 fully saturated rings. The molecule has 0 N–H and O–H groups in total. The fourth-order valence-electron chi connectivity index (χ4n) is 3.30. The summed E-state index contributed by atoms with van der Waals surface area (Å²) in [7, 11) is 5.90. The summed E-state index contributed by atoms with van der Waals surface area (Å²) < 4.78 is 21.5. The number of benzene rings is 3. The maximum atomic E-state index is 13.5. The average Bonchev–Trinajstić information content (AvgIpc) is 2.81. The Morgan fingerprint density at radius 1 is 0.500 bits per heavy atom. The van der Waals surface area contributed by atoms with Crippen molar-refractivity contribution in [3.05, 3.63) is 82.9 Å². The molecule has 0 saturated heterocycles. The Hall–Kier alpha value is -3.80. The van der Waals surface area contributed by atoms with E-state index in [0.717, 1.165) is 0 Å². The Bertz CT molecular complexity index is 956. The smallest absolute Gasteiger partial charge is 0.201 e. The highest BCUT2D eigenvalue weighted by molar-refractivity contribution is 6.22. The number of carbonyl (C=O) groups excluding carboxylic acids is 2. The topological polar surface area (TPSA) is 71.1 Å². The second-order valence-corrected chi connectivity index (χ2v) is 6.28. The van der Waals surface area contributed by atoms with Gasteiger partial charge in [-0.05, 0) is 24.3 Å². The number of methoxy groups -OCH3 is 4. The number of carbonyl (C=O) groups is 2. The van der Waals surface area contributed by atoms with Crippen molar-refractivity contribution in [2.75, 3.05) is 28.4 Å². The summed E-state index contributed by atoms with van der Waals surface area (Å²) in [5, 5.41) is 0. The van der Waals surface area contributed by atoms with Gasteiger partial charge in [-0.2, -0.15) is 0 Å². The molecule has 0 bridgehead atoms. The fourth-order valence-corrected chi connectivity index (χ4v) is 3.30. The normalized spacial score (nSPS) is 10.3. The molecule has 0 unspecified atom stereocenters. The van der Waals surface area contributed by atoms with Crippen molar-refractivity contribution in [3.8, 4) is 23.0 Å². The monoisotopic (exact) mass is 406 g/mol. The molecule has 0 spiro atoms. The Morgan fingerprint density at radius 3 is 1.07 bits per heavy atom. The highest BCUT2D eigenvalue weighted by atomic mass is 16.5. The molecule has 154 valence electrons. The third-order valence-corrected chi connectivity index (χ3v) is 4.73. The summed E-state index contributed by atoms with van der Waals surface area (Å²) in [6.45, 7) is 0. The second-order valence-electron chi connectivity index (χ2n) is 6.28. The fraction of sp³-hybridized carbons (Fsp3) is 0.167. The van der Waals surface area contributed by atoms with Crippen molar-refractivity contribution in [2.45, 2.75) is 0 Å². The minimum atomic E-state index is -0.387. The lowest BCUT2D eigenvalue weighted by atomic mass is 9.92. The molecule has 0 aliphatic carbocycles. The number of rotatable bonds is 8. The molecule has 0 aromatic heterocycles. The van der Waals surface area contributed by atoms with Crippen LogP contribution in [-0.2, 0) is 0 Å². The molecule has 0 atom stereocenters. The van der Waals surface area contributed by atoms with Gasteiger partial charge in [0.05, 0.1) is 28.4 Å². The molecular weight excluding hydrogens is 384 g/mol. The molecule has 3 aromatic carbocycles. The van der Waals surface area contributed by atoms with E-state index in [4.69, 9.17) is 18.9 Å². The first-order valence-electron chi connectivity index (χ1n) is 9.17. The van der Waals surface area contributed by atoms with E-state index in [-0.39, 0.29) is 33.8 Å². The first kappa shape index (κ1) is 20.9. The van der Waals surface area contributed by atoms with Crippen molar-refractivity contribution >= 4 is 11.6 Å². The van der Waals surface area contributed by atoms with Gasteiger partial charge < -0.3 is 18.9 Å². The van der Waals surface area contributed by atoms with E-state index >= 15 is 0 Å². The Morgan fingerprint density at radius 2 is 0.800 bits per heavy atom. The highest BCUT2D eigenvalue weighted by Gasteiger charge is 2.27. The van der Waals surface area contributed by atoms with E-state index in [2.05, 4.69) is 0 Å². The van der Waals surface area contributed by atoms with Gasteiger partial charge in [-0.1, -0.05) is 36.4 Å². The third kappa shape index (κ3) is 3.72. The number of ketones is 2. The lowest BCUT2D eigenvalue weighted by Gasteiger charge is -2.16. The van der Waals surface area contributed by atoms with Gasteiger partial charge in [-0.3, -0.25) is 9.59 Å². The molecule has 6 nitrogen and oxygen atoms in total. The predicted octanol–water partition coefficient (Wildman–Crippen LogP) is 4.18. The maximum absolute atomic E-state index is 13.5. The number of ether oxygens (including phenoxy) is 4. The molecule has 0 aliphatic heterocycles. The van der Waals surface area contributed by atoms with Gasteiger partial charge in [0.2, 0.25) is 11.6 Å². The van der Waals surface area contributed by atoms with Crippen molar-refractivity contribution in [2.24, 2.45) is 0 Å². The van der Waals surface area contributed by atoms with Crippen LogP contribution in [0.25, 0.3) is 0 Å². The van der Waals surface area contributed by atoms with Crippen LogP contribution in [0.15, 0.2) is 60.7 Å². The van der Waals surface area contributed by atoms with Crippen molar-refractivity contribution < 1.29 is 28.5 Å². The zero-order valence-corrected chi connectivity index (χ0v) is 17.2. The van der Waals surface area contributed by atoms with Crippen molar-refractivity contribution in [3.63, 3.8) is 0 Å². The second kappa shape index (κ2) is 9.13. The minimum absolute atomic E-state index is 0.221. The van der Waals surface area contributed by atoms with Crippen LogP contribution in [0.1, 0.15) is 31.8 Å². The van der Waals surface area contributed by atoms with E-state index in [1.165, 1.54) is 28.4 Å². The SMILES string of the molecule is COc1cccc(OC)c1C(=O)c1ccccc1C(=O)c1c(OC)cccc1OC. The maximum Gasteiger partial charge on any atom is 0.201 e. The Balaban J connectivity index is 2.18. The van der Waals surface area contributed by atoms with Crippen LogP contribution in [0, 0.1) is 0 Å². The van der Waals surface area contributed by atoms with E-state index in [1.807, 2.05) is 0 Å². The van der Waals surface area contributed by atoms with Gasteiger partial charge >= 0.3 is 0 Å². The summed E-state index contributed by atoms with van der Waals surface area (Å²) in [5.41, 5.74) is 0.931. The molecule has 0 saturated carbocycles. The predicted molar refractivity (Wildman–Crippen MR) is 112 cm³/mol. The van der Waals surface area contributed by atoms with E-state index in [0.29, 0.717) is 23.0 Å². The van der Waals surface area contributed by atoms with Gasteiger partial charge in [0.25, 0.3) is 0 Å². The molecule has 0 amide bonds. The van der Waals surface area contributed by atoms with Crippen LogP contribution >= 0.6 is 0 Å². The van der Waals surface area contributed by atoms with Crippen LogP contribution in [-0.4, -0.2) is 40.0 Å². The van der Waals surface area contributed by atoms with E-state index in [9.17, 15) is 9.59 Å². The van der Waals surface area contributed by atoms with Gasteiger partial charge in [0.1, 0.15) is 34.1 Å². The van der Waals surface area contributed by atoms with Crippen molar-refractivity contribution in [1.29, 1.82) is 0 Å².